The van der Waals surface area contributed by atoms with Crippen molar-refractivity contribution in [1.82, 2.24) is 5.32 Å². The lowest BCUT2D eigenvalue weighted by Gasteiger charge is -2.23. The molecule has 0 spiro atoms. The zero-order chi connectivity index (χ0) is 11.4. The van der Waals surface area contributed by atoms with E-state index in [0.29, 0.717) is 0 Å². The third-order valence-electron chi connectivity index (χ3n) is 1.05. The predicted octanol–water partition coefficient (Wildman–Crippen LogP) is 1.37. The van der Waals surface area contributed by atoms with Gasteiger partial charge in [0.1, 0.15) is 5.60 Å². The molecule has 0 aromatic rings. The molecule has 0 radical (unpaired) electrons. The Morgan fingerprint density at radius 2 is 1.71 bits per heavy atom. The van der Waals surface area contributed by atoms with Gasteiger partial charge in [0.25, 0.3) is 0 Å². The second-order valence-electron chi connectivity index (χ2n) is 4.01. The highest BCUT2D eigenvalue weighted by atomic mass is 16.5. The molecule has 4 nitrogen and oxygen atoms in total. The second-order valence-corrected chi connectivity index (χ2v) is 4.01. The average Bonchev–Trinajstić information content (AvgIpc) is 1.77. The van der Waals surface area contributed by atoms with E-state index in [1.807, 2.05) is 20.8 Å². The van der Waals surface area contributed by atoms with Gasteiger partial charge in [0.15, 0.2) is 11.7 Å². The van der Waals surface area contributed by atoms with Crippen LogP contribution in [0.15, 0.2) is 12.0 Å². The molecule has 0 unspecified atom stereocenters. The fraction of sp³-hybridized carbons (Fsp3) is 0.600. The van der Waals surface area contributed by atoms with Crippen molar-refractivity contribution in [3.63, 3.8) is 0 Å². The number of rotatable bonds is 3. The maximum Gasteiger partial charge on any atom is 0.223 e. The first-order valence-electron chi connectivity index (χ1n) is 4.39. The summed E-state index contributed by atoms with van der Waals surface area (Å²) in [5.74, 6) is -0.239. The number of hydrogen-bond donors (Lipinski definition) is 1. The summed E-state index contributed by atoms with van der Waals surface area (Å²) in [5.41, 5.74) is -0.441. The van der Waals surface area contributed by atoms with E-state index >= 15 is 0 Å². The summed E-state index contributed by atoms with van der Waals surface area (Å²) >= 11 is 0. The molecule has 1 amide bonds. The molecule has 0 aliphatic heterocycles. The molecule has 0 aromatic heterocycles. The van der Waals surface area contributed by atoms with Gasteiger partial charge in [-0.05, 0) is 27.7 Å². The van der Waals surface area contributed by atoms with Gasteiger partial charge >= 0.3 is 0 Å². The monoisotopic (exact) mass is 199 g/mol. The molecule has 0 saturated heterocycles. The molecular formula is C10H17NO3. The van der Waals surface area contributed by atoms with Crippen LogP contribution in [0.4, 0.5) is 0 Å². The van der Waals surface area contributed by atoms with E-state index in [4.69, 9.17) is 4.74 Å². The molecule has 0 aromatic carbocycles. The highest BCUT2D eigenvalue weighted by Crippen LogP contribution is 2.11. The van der Waals surface area contributed by atoms with Gasteiger partial charge in [0.05, 0.1) is 0 Å². The van der Waals surface area contributed by atoms with Crippen LogP contribution >= 0.6 is 0 Å². The Balaban J connectivity index is 4.57. The van der Waals surface area contributed by atoms with Crippen LogP contribution in [-0.2, 0) is 14.3 Å². The van der Waals surface area contributed by atoms with E-state index < -0.39 is 5.60 Å². The Labute approximate surface area is 84.3 Å². The fourth-order valence-corrected chi connectivity index (χ4v) is 0.779. The number of allylic oxidation sites excluding steroid dienone is 1. The minimum absolute atomic E-state index is 0.169. The number of ketones is 1. The molecule has 0 bridgehead atoms. The van der Waals surface area contributed by atoms with Crippen LogP contribution in [-0.4, -0.2) is 17.3 Å². The summed E-state index contributed by atoms with van der Waals surface area (Å²) in [7, 11) is 0. The Kier molecular flexibility index (Phi) is 4.34. The molecule has 0 aliphatic rings. The van der Waals surface area contributed by atoms with Crippen LogP contribution in [0.2, 0.25) is 0 Å². The lowest BCUT2D eigenvalue weighted by molar-refractivity contribution is -0.119. The molecule has 14 heavy (non-hydrogen) atoms. The van der Waals surface area contributed by atoms with Gasteiger partial charge in [-0.1, -0.05) is 0 Å². The first-order chi connectivity index (χ1) is 6.20. The summed E-state index contributed by atoms with van der Waals surface area (Å²) in [5, 5.41) is 2.45. The number of carbonyl (C=O) groups is 2. The first kappa shape index (κ1) is 12.7. The van der Waals surface area contributed by atoms with Crippen molar-refractivity contribution in [1.29, 1.82) is 0 Å². The normalized spacial score (nSPS) is 12.2. The van der Waals surface area contributed by atoms with Crippen LogP contribution in [0.3, 0.4) is 0 Å². The predicted molar refractivity (Wildman–Crippen MR) is 53.4 cm³/mol. The van der Waals surface area contributed by atoms with Crippen molar-refractivity contribution in [2.24, 2.45) is 0 Å². The third-order valence-corrected chi connectivity index (χ3v) is 1.05. The quantitative estimate of drug-likeness (QED) is 0.551. The molecule has 4 heteroatoms. The summed E-state index contributed by atoms with van der Waals surface area (Å²) < 4.78 is 5.37. The van der Waals surface area contributed by atoms with Gasteiger partial charge < -0.3 is 4.74 Å². The van der Waals surface area contributed by atoms with E-state index in [1.54, 1.807) is 0 Å². The van der Waals surface area contributed by atoms with Gasteiger partial charge in [-0.2, -0.15) is 0 Å². The number of amides is 1. The second kappa shape index (κ2) is 4.79. The Bertz CT molecular complexity index is 261. The van der Waals surface area contributed by atoms with Gasteiger partial charge in [-0.3, -0.25) is 14.9 Å². The molecular weight excluding hydrogens is 182 g/mol. The molecule has 0 aliphatic carbocycles. The molecule has 1 N–H and O–H groups in total. The lowest BCUT2D eigenvalue weighted by atomic mass is 10.2. The van der Waals surface area contributed by atoms with Gasteiger partial charge in [0.2, 0.25) is 5.91 Å². The molecule has 0 saturated carbocycles. The topological polar surface area (TPSA) is 55.4 Å². The van der Waals surface area contributed by atoms with Crippen molar-refractivity contribution in [3.8, 4) is 0 Å². The number of nitrogens with one attached hydrogen (secondary N) is 1. The molecule has 0 rings (SSSR count). The number of carbonyl (C=O) groups excluding carboxylic acids is 2. The smallest absolute Gasteiger partial charge is 0.223 e. The molecule has 0 heterocycles. The van der Waals surface area contributed by atoms with E-state index in [9.17, 15) is 9.59 Å². The van der Waals surface area contributed by atoms with Gasteiger partial charge in [-0.25, -0.2) is 0 Å². The molecule has 80 valence electrons. The van der Waals surface area contributed by atoms with Crippen molar-refractivity contribution in [2.45, 2.75) is 40.2 Å². The van der Waals surface area contributed by atoms with Gasteiger partial charge in [0, 0.05) is 13.0 Å². The van der Waals surface area contributed by atoms with Crippen LogP contribution in [0.25, 0.3) is 0 Å². The number of ether oxygens (including phenoxy) is 1. The van der Waals surface area contributed by atoms with E-state index in [0.717, 1.165) is 0 Å². The van der Waals surface area contributed by atoms with Crippen molar-refractivity contribution < 1.29 is 14.3 Å². The lowest BCUT2D eigenvalue weighted by Crippen LogP contribution is -2.29. The van der Waals surface area contributed by atoms with Crippen LogP contribution in [0, 0.1) is 0 Å². The SMILES string of the molecule is CC(=O)/C=C(\NC(C)=O)OC(C)(C)C. The minimum Gasteiger partial charge on any atom is -0.473 e. The van der Waals surface area contributed by atoms with Crippen LogP contribution in [0.1, 0.15) is 34.6 Å². The van der Waals surface area contributed by atoms with Crippen LogP contribution in [0.5, 0.6) is 0 Å². The van der Waals surface area contributed by atoms with Crippen LogP contribution < -0.4 is 5.32 Å². The summed E-state index contributed by atoms with van der Waals surface area (Å²) in [6, 6.07) is 0. The summed E-state index contributed by atoms with van der Waals surface area (Å²) in [6.45, 7) is 8.27. The third kappa shape index (κ3) is 7.34. The maximum atomic E-state index is 10.8. The molecule has 0 fully saturated rings. The summed E-state index contributed by atoms with van der Waals surface area (Å²) in [4.78, 5) is 21.6. The van der Waals surface area contributed by atoms with Crippen molar-refractivity contribution in [3.05, 3.63) is 12.0 Å². The van der Waals surface area contributed by atoms with E-state index in [2.05, 4.69) is 5.32 Å². The minimum atomic E-state index is -0.441. The zero-order valence-corrected chi connectivity index (χ0v) is 9.30. The van der Waals surface area contributed by atoms with Crippen molar-refractivity contribution >= 4 is 11.7 Å². The maximum absolute atomic E-state index is 10.8. The Morgan fingerprint density at radius 3 is 2.00 bits per heavy atom. The standard InChI is InChI=1S/C10H17NO3/c1-7(12)6-9(11-8(2)13)14-10(3,4)5/h6H,1-5H3,(H,11,13)/b9-6+. The highest BCUT2D eigenvalue weighted by molar-refractivity contribution is 5.88. The first-order valence-corrected chi connectivity index (χ1v) is 4.39. The Hall–Kier alpha value is -1.32. The van der Waals surface area contributed by atoms with E-state index in [1.165, 1.54) is 19.9 Å². The van der Waals surface area contributed by atoms with E-state index in [-0.39, 0.29) is 17.6 Å². The highest BCUT2D eigenvalue weighted by Gasteiger charge is 2.14. The zero-order valence-electron chi connectivity index (χ0n) is 9.30. The van der Waals surface area contributed by atoms with Gasteiger partial charge in [-0.15, -0.1) is 0 Å². The number of hydrogen-bond acceptors (Lipinski definition) is 3. The Morgan fingerprint density at radius 1 is 1.21 bits per heavy atom. The summed E-state index contributed by atoms with van der Waals surface area (Å²) in [6.07, 6.45) is 1.26. The largest absolute Gasteiger partial charge is 0.473 e. The fourth-order valence-electron chi connectivity index (χ4n) is 0.779. The average molecular weight is 199 g/mol. The molecule has 0 atom stereocenters. The van der Waals surface area contributed by atoms with Crippen molar-refractivity contribution in [2.75, 3.05) is 0 Å².